The quantitative estimate of drug-likeness (QED) is 0.859. The van der Waals surface area contributed by atoms with Crippen molar-refractivity contribution in [1.82, 2.24) is 14.9 Å². The summed E-state index contributed by atoms with van der Waals surface area (Å²) in [5.74, 6) is 2.17. The van der Waals surface area contributed by atoms with Crippen LogP contribution >= 0.6 is 0 Å². The van der Waals surface area contributed by atoms with Crippen LogP contribution in [0, 0.1) is 0 Å². The molecule has 2 fully saturated rings. The summed E-state index contributed by atoms with van der Waals surface area (Å²) in [6.45, 7) is 1.60. The molecule has 5 rings (SSSR count). The van der Waals surface area contributed by atoms with E-state index in [1.165, 1.54) is 12.8 Å². The molecule has 1 aromatic heterocycles. The predicted molar refractivity (Wildman–Crippen MR) is 89.4 cm³/mol. The Labute approximate surface area is 145 Å². The highest BCUT2D eigenvalue weighted by Crippen LogP contribution is 2.45. The van der Waals surface area contributed by atoms with Gasteiger partial charge < -0.3 is 14.4 Å². The zero-order valence-corrected chi connectivity index (χ0v) is 14.1. The fraction of sp³-hybridized carbons (Fsp3) is 0.421. The first-order valence-corrected chi connectivity index (χ1v) is 8.62. The van der Waals surface area contributed by atoms with Gasteiger partial charge in [-0.15, -0.1) is 0 Å². The largest absolute Gasteiger partial charge is 0.497 e. The van der Waals surface area contributed by atoms with Crippen LogP contribution in [0.25, 0.3) is 0 Å². The normalized spacial score (nSPS) is 20.3. The molecule has 0 unspecified atom stereocenters. The van der Waals surface area contributed by atoms with Crippen molar-refractivity contribution in [3.63, 3.8) is 0 Å². The standard InChI is InChI=1S/C19H19N3O3/c1-24-14-4-2-3-13(7-14)18(23)22-10-19(11-22)15-8-20-17(12-5-6-12)21-16(15)9-25-19/h2-4,7-8,12H,5-6,9-11H2,1H3. The minimum atomic E-state index is -0.425. The Kier molecular flexibility index (Phi) is 3.12. The average molecular weight is 337 g/mol. The summed E-state index contributed by atoms with van der Waals surface area (Å²) in [5, 5.41) is 0. The Morgan fingerprint density at radius 3 is 2.96 bits per heavy atom. The Balaban J connectivity index is 1.34. The first kappa shape index (κ1) is 14.8. The number of nitrogens with zero attached hydrogens (tertiary/aromatic N) is 3. The van der Waals surface area contributed by atoms with Gasteiger partial charge in [0.05, 0.1) is 32.5 Å². The van der Waals surface area contributed by atoms with E-state index in [1.807, 2.05) is 24.4 Å². The topological polar surface area (TPSA) is 64.5 Å². The summed E-state index contributed by atoms with van der Waals surface area (Å²) in [6.07, 6.45) is 4.29. The highest BCUT2D eigenvalue weighted by molar-refractivity contribution is 5.95. The Morgan fingerprint density at radius 2 is 2.20 bits per heavy atom. The highest BCUT2D eigenvalue weighted by Gasteiger charge is 2.52. The molecule has 1 spiro atoms. The number of benzene rings is 1. The molecule has 3 aliphatic rings. The van der Waals surface area contributed by atoms with Crippen molar-refractivity contribution in [3.8, 4) is 5.75 Å². The summed E-state index contributed by atoms with van der Waals surface area (Å²) >= 11 is 0. The van der Waals surface area contributed by atoms with Crippen LogP contribution in [0.4, 0.5) is 0 Å². The van der Waals surface area contributed by atoms with E-state index in [0.717, 1.165) is 17.1 Å². The van der Waals surface area contributed by atoms with Gasteiger partial charge in [0.15, 0.2) is 0 Å². The maximum absolute atomic E-state index is 12.7. The van der Waals surface area contributed by atoms with Crippen LogP contribution in [-0.2, 0) is 16.9 Å². The third kappa shape index (κ3) is 2.32. The summed E-state index contributed by atoms with van der Waals surface area (Å²) in [6, 6.07) is 7.24. The zero-order valence-electron chi connectivity index (χ0n) is 14.1. The van der Waals surface area contributed by atoms with Gasteiger partial charge in [-0.2, -0.15) is 0 Å². The second-order valence-corrected chi connectivity index (χ2v) is 7.04. The lowest BCUT2D eigenvalue weighted by Crippen LogP contribution is -2.61. The van der Waals surface area contributed by atoms with Crippen LogP contribution in [-0.4, -0.2) is 41.0 Å². The molecule has 1 saturated carbocycles. The number of methoxy groups -OCH3 is 1. The Morgan fingerprint density at radius 1 is 1.36 bits per heavy atom. The molecule has 2 aromatic rings. The second kappa shape index (κ2) is 5.26. The predicted octanol–water partition coefficient (Wildman–Crippen LogP) is 2.24. The molecule has 128 valence electrons. The molecule has 1 aromatic carbocycles. The van der Waals surface area contributed by atoms with E-state index in [-0.39, 0.29) is 5.91 Å². The number of hydrogen-bond acceptors (Lipinski definition) is 5. The van der Waals surface area contributed by atoms with Crippen molar-refractivity contribution in [3.05, 3.63) is 53.1 Å². The van der Waals surface area contributed by atoms with Crippen LogP contribution in [0.15, 0.2) is 30.5 Å². The van der Waals surface area contributed by atoms with E-state index >= 15 is 0 Å². The zero-order chi connectivity index (χ0) is 17.0. The molecule has 0 radical (unpaired) electrons. The first-order chi connectivity index (χ1) is 12.2. The molecular weight excluding hydrogens is 318 g/mol. The molecule has 0 atom stereocenters. The van der Waals surface area contributed by atoms with E-state index in [1.54, 1.807) is 18.1 Å². The summed E-state index contributed by atoms with van der Waals surface area (Å²) in [5.41, 5.74) is 2.25. The van der Waals surface area contributed by atoms with E-state index in [2.05, 4.69) is 9.97 Å². The van der Waals surface area contributed by atoms with Gasteiger partial charge in [-0.25, -0.2) is 9.97 Å². The van der Waals surface area contributed by atoms with Gasteiger partial charge in [0.2, 0.25) is 0 Å². The average Bonchev–Trinajstić information content (AvgIpc) is 3.40. The third-order valence-corrected chi connectivity index (χ3v) is 5.30. The molecule has 0 bridgehead atoms. The number of amides is 1. The molecule has 1 amide bonds. The Hall–Kier alpha value is -2.47. The molecule has 1 aliphatic carbocycles. The van der Waals surface area contributed by atoms with Crippen molar-refractivity contribution in [2.75, 3.05) is 20.2 Å². The molecule has 25 heavy (non-hydrogen) atoms. The maximum atomic E-state index is 12.7. The summed E-state index contributed by atoms with van der Waals surface area (Å²) in [7, 11) is 1.60. The van der Waals surface area contributed by atoms with Gasteiger partial charge in [0.25, 0.3) is 5.91 Å². The van der Waals surface area contributed by atoms with E-state index in [4.69, 9.17) is 9.47 Å². The Bertz CT molecular complexity index is 857. The molecular formula is C19H19N3O3. The van der Waals surface area contributed by atoms with Gasteiger partial charge in [0.1, 0.15) is 17.2 Å². The van der Waals surface area contributed by atoms with Crippen molar-refractivity contribution in [2.45, 2.75) is 31.0 Å². The van der Waals surface area contributed by atoms with E-state index < -0.39 is 5.60 Å². The van der Waals surface area contributed by atoms with Gasteiger partial charge in [-0.3, -0.25) is 4.79 Å². The minimum Gasteiger partial charge on any atom is -0.497 e. The number of carbonyl (C=O) groups excluding carboxylic acids is 1. The fourth-order valence-electron chi connectivity index (χ4n) is 3.66. The van der Waals surface area contributed by atoms with Crippen molar-refractivity contribution < 1.29 is 14.3 Å². The smallest absolute Gasteiger partial charge is 0.254 e. The molecule has 2 aliphatic heterocycles. The van der Waals surface area contributed by atoms with Crippen molar-refractivity contribution >= 4 is 5.91 Å². The summed E-state index contributed by atoms with van der Waals surface area (Å²) in [4.78, 5) is 23.7. The number of aromatic nitrogens is 2. The number of likely N-dealkylation sites (tertiary alicyclic amines) is 1. The van der Waals surface area contributed by atoms with Crippen molar-refractivity contribution in [2.24, 2.45) is 0 Å². The fourth-order valence-corrected chi connectivity index (χ4v) is 3.66. The van der Waals surface area contributed by atoms with Crippen LogP contribution in [0.5, 0.6) is 5.75 Å². The highest BCUT2D eigenvalue weighted by atomic mass is 16.5. The number of ether oxygens (including phenoxy) is 2. The van der Waals surface area contributed by atoms with Gasteiger partial charge in [-0.1, -0.05) is 6.07 Å². The molecule has 6 heteroatoms. The van der Waals surface area contributed by atoms with Crippen LogP contribution in [0.2, 0.25) is 0 Å². The van der Waals surface area contributed by atoms with Gasteiger partial charge >= 0.3 is 0 Å². The van der Waals surface area contributed by atoms with Gasteiger partial charge in [0, 0.05) is 23.2 Å². The molecule has 0 N–H and O–H groups in total. The lowest BCUT2D eigenvalue weighted by Gasteiger charge is -2.47. The maximum Gasteiger partial charge on any atom is 0.254 e. The van der Waals surface area contributed by atoms with E-state index in [0.29, 0.717) is 36.9 Å². The van der Waals surface area contributed by atoms with Crippen LogP contribution in [0.3, 0.4) is 0 Å². The second-order valence-electron chi connectivity index (χ2n) is 7.04. The first-order valence-electron chi connectivity index (χ1n) is 8.62. The molecule has 6 nitrogen and oxygen atoms in total. The van der Waals surface area contributed by atoms with Gasteiger partial charge in [-0.05, 0) is 31.0 Å². The molecule has 3 heterocycles. The summed E-state index contributed by atoms with van der Waals surface area (Å²) < 4.78 is 11.2. The third-order valence-electron chi connectivity index (χ3n) is 5.30. The number of rotatable bonds is 3. The van der Waals surface area contributed by atoms with E-state index in [9.17, 15) is 4.79 Å². The van der Waals surface area contributed by atoms with Crippen LogP contribution in [0.1, 0.15) is 46.2 Å². The van der Waals surface area contributed by atoms with Crippen LogP contribution < -0.4 is 4.74 Å². The lowest BCUT2D eigenvalue weighted by molar-refractivity contribution is -0.126. The number of hydrogen-bond donors (Lipinski definition) is 0. The monoisotopic (exact) mass is 337 g/mol. The lowest BCUT2D eigenvalue weighted by atomic mass is 9.87. The number of fused-ring (bicyclic) bond motifs is 2. The van der Waals surface area contributed by atoms with Crippen molar-refractivity contribution in [1.29, 1.82) is 0 Å². The number of carbonyl (C=O) groups is 1. The molecule has 1 saturated heterocycles. The minimum absolute atomic E-state index is 0.00269. The SMILES string of the molecule is COc1cccc(C(=O)N2CC3(C2)OCc2nc(C4CC4)ncc23)c1.